The monoisotopic (exact) mass is 257 g/mol. The summed E-state index contributed by atoms with van der Waals surface area (Å²) in [5.41, 5.74) is 8.17. The number of aromatic nitrogens is 2. The minimum Gasteiger partial charge on any atom is -0.327 e. The van der Waals surface area contributed by atoms with Crippen molar-refractivity contribution in [2.24, 2.45) is 18.7 Å². The highest BCUT2D eigenvalue weighted by atomic mass is 35.5. The van der Waals surface area contributed by atoms with E-state index >= 15 is 0 Å². The standard InChI is InChI=1S/C13H24ClN3/c1-5-11-13(14)12(17(4)16-11)8-6-7-10(15)9(2)3/h9-10H,5-8,15H2,1-4H3. The highest BCUT2D eigenvalue weighted by Crippen LogP contribution is 2.22. The van der Waals surface area contributed by atoms with Crippen molar-refractivity contribution in [1.29, 1.82) is 0 Å². The Hall–Kier alpha value is -0.540. The van der Waals surface area contributed by atoms with Crippen LogP contribution in [-0.4, -0.2) is 15.8 Å². The topological polar surface area (TPSA) is 43.8 Å². The van der Waals surface area contributed by atoms with E-state index in [1.807, 2.05) is 11.7 Å². The summed E-state index contributed by atoms with van der Waals surface area (Å²) in [5.74, 6) is 0.545. The van der Waals surface area contributed by atoms with Crippen molar-refractivity contribution in [2.75, 3.05) is 0 Å². The van der Waals surface area contributed by atoms with Crippen LogP contribution in [0, 0.1) is 5.92 Å². The third kappa shape index (κ3) is 3.71. The highest BCUT2D eigenvalue weighted by molar-refractivity contribution is 6.31. The number of rotatable bonds is 6. The molecule has 0 amide bonds. The summed E-state index contributed by atoms with van der Waals surface area (Å²) in [6.07, 6.45) is 3.96. The second-order valence-electron chi connectivity index (χ2n) is 4.98. The number of aryl methyl sites for hydroxylation is 2. The molecule has 98 valence electrons. The molecule has 0 saturated carbocycles. The number of nitrogens with zero attached hydrogens (tertiary/aromatic N) is 2. The van der Waals surface area contributed by atoms with Gasteiger partial charge in [-0.05, 0) is 31.6 Å². The number of hydrogen-bond donors (Lipinski definition) is 1. The predicted octanol–water partition coefficient (Wildman–Crippen LogP) is 2.94. The van der Waals surface area contributed by atoms with E-state index in [0.29, 0.717) is 5.92 Å². The van der Waals surface area contributed by atoms with Gasteiger partial charge >= 0.3 is 0 Å². The van der Waals surface area contributed by atoms with Gasteiger partial charge in [0.1, 0.15) is 0 Å². The molecular formula is C13H24ClN3. The van der Waals surface area contributed by atoms with Crippen LogP contribution in [0.25, 0.3) is 0 Å². The second-order valence-corrected chi connectivity index (χ2v) is 5.36. The first-order chi connectivity index (χ1) is 7.97. The molecule has 0 aliphatic heterocycles. The Bertz CT molecular complexity index is 358. The molecule has 1 atom stereocenters. The fourth-order valence-electron chi connectivity index (χ4n) is 1.93. The molecule has 0 bridgehead atoms. The first-order valence-corrected chi connectivity index (χ1v) is 6.81. The largest absolute Gasteiger partial charge is 0.327 e. The van der Waals surface area contributed by atoms with Crippen LogP contribution >= 0.6 is 11.6 Å². The van der Waals surface area contributed by atoms with Gasteiger partial charge in [0.2, 0.25) is 0 Å². The van der Waals surface area contributed by atoms with E-state index in [-0.39, 0.29) is 6.04 Å². The smallest absolute Gasteiger partial charge is 0.0849 e. The average Bonchev–Trinajstić information content (AvgIpc) is 2.55. The van der Waals surface area contributed by atoms with Gasteiger partial charge in [-0.1, -0.05) is 32.4 Å². The molecule has 0 aromatic carbocycles. The molecule has 1 heterocycles. The maximum Gasteiger partial charge on any atom is 0.0849 e. The number of hydrogen-bond acceptors (Lipinski definition) is 2. The minimum atomic E-state index is 0.285. The summed E-state index contributed by atoms with van der Waals surface area (Å²) in [6, 6.07) is 0.285. The van der Waals surface area contributed by atoms with Crippen LogP contribution in [0.15, 0.2) is 0 Å². The zero-order valence-electron chi connectivity index (χ0n) is 11.3. The van der Waals surface area contributed by atoms with Crippen LogP contribution in [0.2, 0.25) is 5.02 Å². The van der Waals surface area contributed by atoms with Crippen LogP contribution < -0.4 is 5.73 Å². The molecular weight excluding hydrogens is 234 g/mol. The fourth-order valence-corrected chi connectivity index (χ4v) is 2.32. The Morgan fingerprint density at radius 3 is 2.53 bits per heavy atom. The van der Waals surface area contributed by atoms with Crippen molar-refractivity contribution in [3.05, 3.63) is 16.4 Å². The summed E-state index contributed by atoms with van der Waals surface area (Å²) in [6.45, 7) is 6.40. The first-order valence-electron chi connectivity index (χ1n) is 6.43. The third-order valence-electron chi connectivity index (χ3n) is 3.31. The van der Waals surface area contributed by atoms with Gasteiger partial charge < -0.3 is 5.73 Å². The van der Waals surface area contributed by atoms with Gasteiger partial charge in [-0.15, -0.1) is 0 Å². The van der Waals surface area contributed by atoms with Crippen LogP contribution in [0.5, 0.6) is 0 Å². The summed E-state index contributed by atoms with van der Waals surface area (Å²) < 4.78 is 1.90. The predicted molar refractivity (Wildman–Crippen MR) is 73.3 cm³/mol. The van der Waals surface area contributed by atoms with E-state index in [1.54, 1.807) is 0 Å². The zero-order valence-corrected chi connectivity index (χ0v) is 12.1. The number of nitrogens with two attached hydrogens (primary N) is 1. The van der Waals surface area contributed by atoms with Crippen molar-refractivity contribution in [3.8, 4) is 0 Å². The lowest BCUT2D eigenvalue weighted by atomic mass is 9.99. The van der Waals surface area contributed by atoms with Crippen molar-refractivity contribution in [3.63, 3.8) is 0 Å². The van der Waals surface area contributed by atoms with Gasteiger partial charge in [-0.2, -0.15) is 5.10 Å². The van der Waals surface area contributed by atoms with E-state index < -0.39 is 0 Å². The summed E-state index contributed by atoms with van der Waals surface area (Å²) >= 11 is 6.29. The van der Waals surface area contributed by atoms with Gasteiger partial charge in [0.05, 0.1) is 16.4 Å². The Morgan fingerprint density at radius 2 is 2.06 bits per heavy atom. The van der Waals surface area contributed by atoms with E-state index in [9.17, 15) is 0 Å². The molecule has 4 heteroatoms. The molecule has 1 unspecified atom stereocenters. The minimum absolute atomic E-state index is 0.285. The maximum atomic E-state index is 6.29. The quantitative estimate of drug-likeness (QED) is 0.852. The van der Waals surface area contributed by atoms with Gasteiger partial charge in [0.15, 0.2) is 0 Å². The van der Waals surface area contributed by atoms with Gasteiger partial charge in [0.25, 0.3) is 0 Å². The molecule has 0 aliphatic rings. The lowest BCUT2D eigenvalue weighted by Crippen LogP contribution is -2.26. The Morgan fingerprint density at radius 1 is 1.41 bits per heavy atom. The summed E-state index contributed by atoms with van der Waals surface area (Å²) in [5, 5.41) is 5.26. The molecule has 17 heavy (non-hydrogen) atoms. The molecule has 0 spiro atoms. The lowest BCUT2D eigenvalue weighted by molar-refractivity contribution is 0.449. The molecule has 3 nitrogen and oxygen atoms in total. The van der Waals surface area contributed by atoms with Crippen molar-refractivity contribution >= 4 is 11.6 Å². The van der Waals surface area contributed by atoms with E-state index in [0.717, 1.165) is 42.1 Å². The zero-order chi connectivity index (χ0) is 13.0. The Labute approximate surface area is 109 Å². The van der Waals surface area contributed by atoms with Crippen LogP contribution in [0.1, 0.15) is 45.0 Å². The molecule has 2 N–H and O–H groups in total. The highest BCUT2D eigenvalue weighted by Gasteiger charge is 2.13. The molecule has 1 aromatic rings. The van der Waals surface area contributed by atoms with Gasteiger partial charge in [-0.25, -0.2) is 0 Å². The third-order valence-corrected chi connectivity index (χ3v) is 3.75. The fraction of sp³-hybridized carbons (Fsp3) is 0.769. The molecule has 0 radical (unpaired) electrons. The van der Waals surface area contributed by atoms with Crippen LogP contribution in [0.4, 0.5) is 0 Å². The van der Waals surface area contributed by atoms with Gasteiger partial charge in [-0.3, -0.25) is 4.68 Å². The molecule has 0 saturated heterocycles. The lowest BCUT2D eigenvalue weighted by Gasteiger charge is -2.15. The Balaban J connectivity index is 2.55. The Kier molecular flexibility index (Phi) is 5.47. The number of halogens is 1. The maximum absolute atomic E-state index is 6.29. The first kappa shape index (κ1) is 14.5. The molecule has 1 aromatic heterocycles. The van der Waals surface area contributed by atoms with Crippen LogP contribution in [-0.2, 0) is 19.9 Å². The van der Waals surface area contributed by atoms with Crippen molar-refractivity contribution in [2.45, 2.75) is 52.5 Å². The summed E-state index contributed by atoms with van der Waals surface area (Å²) in [7, 11) is 1.96. The van der Waals surface area contributed by atoms with E-state index in [4.69, 9.17) is 17.3 Å². The molecule has 1 rings (SSSR count). The second kappa shape index (κ2) is 6.41. The summed E-state index contributed by atoms with van der Waals surface area (Å²) in [4.78, 5) is 0. The average molecular weight is 258 g/mol. The van der Waals surface area contributed by atoms with Gasteiger partial charge in [0, 0.05) is 13.1 Å². The van der Waals surface area contributed by atoms with E-state index in [2.05, 4.69) is 25.9 Å². The van der Waals surface area contributed by atoms with Crippen molar-refractivity contribution < 1.29 is 0 Å². The molecule has 0 aliphatic carbocycles. The van der Waals surface area contributed by atoms with E-state index in [1.165, 1.54) is 0 Å². The van der Waals surface area contributed by atoms with Crippen LogP contribution in [0.3, 0.4) is 0 Å². The normalized spacial score (nSPS) is 13.4. The molecule has 0 fully saturated rings. The van der Waals surface area contributed by atoms with Crippen molar-refractivity contribution in [1.82, 2.24) is 9.78 Å². The SMILES string of the molecule is CCc1nn(C)c(CCCC(N)C(C)C)c1Cl.